The number of nitrogens with zero attached hydrogens (tertiary/aromatic N) is 5. The molecule has 0 unspecified atom stereocenters. The molecule has 4 rings (SSSR count). The molecule has 1 saturated heterocycles. The summed E-state index contributed by atoms with van der Waals surface area (Å²) in [6.07, 6.45) is 8.09. The van der Waals surface area contributed by atoms with Gasteiger partial charge in [0.2, 0.25) is 0 Å². The van der Waals surface area contributed by atoms with Crippen molar-refractivity contribution in [3.63, 3.8) is 0 Å². The van der Waals surface area contributed by atoms with Gasteiger partial charge in [0.1, 0.15) is 17.5 Å². The lowest BCUT2D eigenvalue weighted by Crippen LogP contribution is -2.51. The van der Waals surface area contributed by atoms with Gasteiger partial charge >= 0.3 is 0 Å². The van der Waals surface area contributed by atoms with Crippen LogP contribution in [0.15, 0.2) is 55.1 Å². The minimum absolute atomic E-state index is 0.0174. The van der Waals surface area contributed by atoms with Crippen LogP contribution in [0.2, 0.25) is 0 Å². The number of ether oxygens (including phenoxy) is 1. The molecule has 156 valence electrons. The van der Waals surface area contributed by atoms with Crippen LogP contribution >= 0.6 is 0 Å². The van der Waals surface area contributed by atoms with Gasteiger partial charge in [-0.15, -0.1) is 5.10 Å². The van der Waals surface area contributed by atoms with Crippen molar-refractivity contribution in [3.05, 3.63) is 60.8 Å². The van der Waals surface area contributed by atoms with E-state index in [0.717, 1.165) is 24.1 Å². The zero-order valence-electron chi connectivity index (χ0n) is 16.5. The molecule has 0 bridgehead atoms. The molecule has 9 nitrogen and oxygen atoms in total. The van der Waals surface area contributed by atoms with Crippen molar-refractivity contribution in [2.24, 2.45) is 0 Å². The van der Waals surface area contributed by atoms with Gasteiger partial charge in [0, 0.05) is 24.5 Å². The Hall–Kier alpha value is -3.17. The molecule has 1 aliphatic heterocycles. The Morgan fingerprint density at radius 3 is 2.87 bits per heavy atom. The summed E-state index contributed by atoms with van der Waals surface area (Å²) in [5.74, 6) is -0.315. The predicted molar refractivity (Wildman–Crippen MR) is 108 cm³/mol. The van der Waals surface area contributed by atoms with Crippen molar-refractivity contribution < 1.29 is 14.6 Å². The number of rotatable bonds is 7. The fraction of sp³-hybridized carbons (Fsp3) is 0.381. The van der Waals surface area contributed by atoms with E-state index in [2.05, 4.69) is 25.6 Å². The third-order valence-electron chi connectivity index (χ3n) is 5.20. The highest BCUT2D eigenvalue weighted by Crippen LogP contribution is 2.23. The molecule has 0 aliphatic carbocycles. The van der Waals surface area contributed by atoms with Crippen molar-refractivity contribution in [1.29, 1.82) is 0 Å². The van der Waals surface area contributed by atoms with E-state index in [-0.39, 0.29) is 30.4 Å². The number of hydrogen-bond donors (Lipinski definition) is 2. The second kappa shape index (κ2) is 9.55. The maximum atomic E-state index is 12.3. The maximum absolute atomic E-state index is 12.3. The number of carbonyl (C=O) groups is 1. The lowest BCUT2D eigenvalue weighted by atomic mass is 9.97. The second-order valence-corrected chi connectivity index (χ2v) is 7.25. The maximum Gasteiger partial charge on any atom is 0.271 e. The summed E-state index contributed by atoms with van der Waals surface area (Å²) in [6, 6.07) is 9.64. The topological polar surface area (TPSA) is 115 Å². The van der Waals surface area contributed by atoms with Crippen molar-refractivity contribution in [3.8, 4) is 11.3 Å². The standard InChI is InChI=1S/C21H24N6O3/c28-14-20-17(24-21(29)18-12-22-9-10-23-18)7-6-16(30-20)8-11-27-13-19(25-26-27)15-4-2-1-3-5-15/h1-5,9-10,12-13,16-17,20,28H,6-8,11,14H2,(H,24,29)/t16-,17-,20-/m1/s1. The van der Waals surface area contributed by atoms with Crippen LogP contribution in [0.25, 0.3) is 11.3 Å². The van der Waals surface area contributed by atoms with Gasteiger partial charge in [0.25, 0.3) is 5.91 Å². The first-order chi connectivity index (χ1) is 14.7. The number of carbonyl (C=O) groups excluding carboxylic acids is 1. The number of amides is 1. The summed E-state index contributed by atoms with van der Waals surface area (Å²) in [5, 5.41) is 21.1. The Kier molecular flexibility index (Phi) is 6.41. The van der Waals surface area contributed by atoms with Crippen LogP contribution in [0, 0.1) is 0 Å². The zero-order valence-corrected chi connectivity index (χ0v) is 16.5. The van der Waals surface area contributed by atoms with E-state index < -0.39 is 6.10 Å². The van der Waals surface area contributed by atoms with E-state index in [0.29, 0.717) is 13.0 Å². The number of aliphatic hydroxyl groups is 1. The first-order valence-electron chi connectivity index (χ1n) is 10.0. The number of aryl methyl sites for hydroxylation is 1. The molecular weight excluding hydrogens is 384 g/mol. The van der Waals surface area contributed by atoms with Gasteiger partial charge in [-0.25, -0.2) is 4.98 Å². The quantitative estimate of drug-likeness (QED) is 0.608. The molecule has 1 aliphatic rings. The zero-order chi connectivity index (χ0) is 20.8. The van der Waals surface area contributed by atoms with Gasteiger partial charge in [0.15, 0.2) is 0 Å². The van der Waals surface area contributed by atoms with Crippen LogP contribution < -0.4 is 5.32 Å². The Bertz CT molecular complexity index is 950. The average molecular weight is 408 g/mol. The van der Waals surface area contributed by atoms with Crippen molar-refractivity contribution >= 4 is 5.91 Å². The molecule has 9 heteroatoms. The number of hydrogen-bond acceptors (Lipinski definition) is 7. The third kappa shape index (κ3) is 4.87. The first kappa shape index (κ1) is 20.1. The normalized spacial score (nSPS) is 21.3. The molecule has 1 aromatic carbocycles. The second-order valence-electron chi connectivity index (χ2n) is 7.25. The van der Waals surface area contributed by atoms with E-state index >= 15 is 0 Å². The first-order valence-corrected chi connectivity index (χ1v) is 10.0. The Morgan fingerprint density at radius 2 is 2.10 bits per heavy atom. The Labute approximate surface area is 174 Å². The minimum atomic E-state index is -0.458. The molecule has 1 fully saturated rings. The summed E-state index contributed by atoms with van der Waals surface area (Å²) in [7, 11) is 0. The molecule has 3 heterocycles. The predicted octanol–water partition coefficient (Wildman–Crippen LogP) is 1.46. The summed E-state index contributed by atoms with van der Waals surface area (Å²) >= 11 is 0. The van der Waals surface area contributed by atoms with E-state index in [1.165, 1.54) is 18.6 Å². The molecule has 3 atom stereocenters. The van der Waals surface area contributed by atoms with E-state index in [9.17, 15) is 9.90 Å². The highest BCUT2D eigenvalue weighted by Gasteiger charge is 2.32. The van der Waals surface area contributed by atoms with Gasteiger partial charge in [-0.05, 0) is 19.3 Å². The summed E-state index contributed by atoms with van der Waals surface area (Å²) < 4.78 is 7.84. The number of aliphatic hydroxyl groups excluding tert-OH is 1. The van der Waals surface area contributed by atoms with Crippen molar-refractivity contribution in [1.82, 2.24) is 30.3 Å². The molecular formula is C21H24N6O3. The third-order valence-corrected chi connectivity index (χ3v) is 5.20. The Balaban J connectivity index is 1.29. The van der Waals surface area contributed by atoms with Gasteiger partial charge in [-0.3, -0.25) is 14.5 Å². The molecule has 1 amide bonds. The van der Waals surface area contributed by atoms with Crippen LogP contribution in [0.3, 0.4) is 0 Å². The molecule has 30 heavy (non-hydrogen) atoms. The van der Waals surface area contributed by atoms with Crippen LogP contribution in [0.1, 0.15) is 29.8 Å². The summed E-state index contributed by atoms with van der Waals surface area (Å²) in [5.41, 5.74) is 2.11. The molecule has 2 N–H and O–H groups in total. The molecule has 0 radical (unpaired) electrons. The van der Waals surface area contributed by atoms with Crippen molar-refractivity contribution in [2.75, 3.05) is 6.61 Å². The van der Waals surface area contributed by atoms with Gasteiger partial charge in [-0.2, -0.15) is 0 Å². The Morgan fingerprint density at radius 1 is 1.23 bits per heavy atom. The molecule has 3 aromatic rings. The van der Waals surface area contributed by atoms with Crippen LogP contribution in [0.5, 0.6) is 0 Å². The minimum Gasteiger partial charge on any atom is -0.394 e. The van der Waals surface area contributed by atoms with E-state index in [4.69, 9.17) is 4.74 Å². The molecule has 0 spiro atoms. The monoisotopic (exact) mass is 408 g/mol. The van der Waals surface area contributed by atoms with Gasteiger partial charge in [-0.1, -0.05) is 35.5 Å². The summed E-state index contributed by atoms with van der Waals surface area (Å²) in [4.78, 5) is 20.2. The largest absolute Gasteiger partial charge is 0.394 e. The molecule has 2 aromatic heterocycles. The van der Waals surface area contributed by atoms with Crippen LogP contribution in [-0.2, 0) is 11.3 Å². The van der Waals surface area contributed by atoms with E-state index in [1.54, 1.807) is 0 Å². The fourth-order valence-corrected chi connectivity index (χ4v) is 3.59. The number of benzene rings is 1. The lowest BCUT2D eigenvalue weighted by Gasteiger charge is -2.36. The fourth-order valence-electron chi connectivity index (χ4n) is 3.59. The van der Waals surface area contributed by atoms with Gasteiger partial charge < -0.3 is 15.2 Å². The van der Waals surface area contributed by atoms with Gasteiger partial charge in [0.05, 0.1) is 31.1 Å². The smallest absolute Gasteiger partial charge is 0.271 e. The van der Waals surface area contributed by atoms with Crippen molar-refractivity contribution in [2.45, 2.75) is 44.1 Å². The SMILES string of the molecule is O=C(N[C@@H]1CC[C@H](CCn2cc(-c3ccccc3)nn2)O[C@@H]1CO)c1cnccn1. The highest BCUT2D eigenvalue weighted by atomic mass is 16.5. The summed E-state index contributed by atoms with van der Waals surface area (Å²) in [6.45, 7) is 0.503. The number of nitrogens with one attached hydrogen (secondary N) is 1. The van der Waals surface area contributed by atoms with Crippen LogP contribution in [0.4, 0.5) is 0 Å². The number of aromatic nitrogens is 5. The van der Waals surface area contributed by atoms with Crippen LogP contribution in [-0.4, -0.2) is 60.8 Å². The average Bonchev–Trinajstić information content (AvgIpc) is 3.28. The highest BCUT2D eigenvalue weighted by molar-refractivity contribution is 5.92. The van der Waals surface area contributed by atoms with E-state index in [1.807, 2.05) is 41.2 Å². The lowest BCUT2D eigenvalue weighted by molar-refractivity contribution is -0.0912. The molecule has 0 saturated carbocycles.